The number of hydrogen-bond donors (Lipinski definition) is 2. The van der Waals surface area contributed by atoms with Crippen LogP contribution in [0.3, 0.4) is 0 Å². The molecule has 0 unspecified atom stereocenters. The molecule has 3 rings (SSSR count). The molecule has 0 spiro atoms. The van der Waals surface area contributed by atoms with Gasteiger partial charge in [-0.1, -0.05) is 39.0 Å². The van der Waals surface area contributed by atoms with E-state index in [4.69, 9.17) is 0 Å². The third-order valence-electron chi connectivity index (χ3n) is 4.82. The molecule has 3 aromatic rings. The van der Waals surface area contributed by atoms with Crippen LogP contribution in [0.4, 0.5) is 5.69 Å². The van der Waals surface area contributed by atoms with Crippen LogP contribution in [0.1, 0.15) is 53.0 Å². The van der Waals surface area contributed by atoms with Gasteiger partial charge in [0.15, 0.2) is 0 Å². The molecule has 1 aromatic heterocycles. The van der Waals surface area contributed by atoms with E-state index in [9.17, 15) is 13.2 Å². The van der Waals surface area contributed by atoms with Gasteiger partial charge in [-0.25, -0.2) is 13.4 Å². The molecule has 164 valence electrons. The monoisotopic (exact) mass is 457 g/mol. The zero-order valence-corrected chi connectivity index (χ0v) is 19.9. The molecule has 0 atom stereocenters. The summed E-state index contributed by atoms with van der Waals surface area (Å²) in [6.45, 7) is 10.1. The second kappa shape index (κ2) is 8.80. The number of benzene rings is 2. The molecule has 6 nitrogen and oxygen atoms in total. The Kier molecular flexibility index (Phi) is 6.52. The Balaban J connectivity index is 1.79. The number of carbonyl (C=O) groups excluding carboxylic acids is 1. The van der Waals surface area contributed by atoms with E-state index in [1.54, 1.807) is 31.2 Å². The molecule has 0 aliphatic heterocycles. The number of thiazole rings is 1. The molecule has 2 aromatic carbocycles. The van der Waals surface area contributed by atoms with Crippen LogP contribution in [0, 0.1) is 13.8 Å². The Labute approximate surface area is 187 Å². The van der Waals surface area contributed by atoms with Gasteiger partial charge in [0.1, 0.15) is 0 Å². The molecule has 0 aliphatic rings. The Morgan fingerprint density at radius 1 is 1.10 bits per heavy atom. The fraction of sp³-hybridized carbons (Fsp3) is 0.304. The highest BCUT2D eigenvalue weighted by atomic mass is 32.2. The molecule has 0 radical (unpaired) electrons. The van der Waals surface area contributed by atoms with Crippen molar-refractivity contribution in [1.29, 1.82) is 0 Å². The van der Waals surface area contributed by atoms with Crippen molar-refractivity contribution in [3.63, 3.8) is 0 Å². The molecular weight excluding hydrogens is 430 g/mol. The van der Waals surface area contributed by atoms with Gasteiger partial charge in [-0.3, -0.25) is 9.52 Å². The maximum Gasteiger partial charge on any atom is 0.262 e. The topological polar surface area (TPSA) is 88.2 Å². The maximum absolute atomic E-state index is 13.1. The lowest BCUT2D eigenvalue weighted by Gasteiger charge is -2.21. The summed E-state index contributed by atoms with van der Waals surface area (Å²) in [7, 11) is -3.81. The van der Waals surface area contributed by atoms with Crippen molar-refractivity contribution in [3.05, 3.63) is 75.2 Å². The summed E-state index contributed by atoms with van der Waals surface area (Å²) in [4.78, 5) is 17.1. The number of nitrogens with zero attached hydrogens (tertiary/aromatic N) is 1. The number of carbonyl (C=O) groups is 1. The summed E-state index contributed by atoms with van der Waals surface area (Å²) in [5.41, 5.74) is 2.91. The lowest BCUT2D eigenvalue weighted by atomic mass is 9.87. The van der Waals surface area contributed by atoms with Gasteiger partial charge in [-0.15, -0.1) is 11.3 Å². The third-order valence-corrected chi connectivity index (χ3v) is 7.16. The molecule has 0 fully saturated rings. The maximum atomic E-state index is 13.1. The fourth-order valence-corrected chi connectivity index (χ4v) is 4.99. The molecular formula is C23H27N3O3S2. The van der Waals surface area contributed by atoms with Crippen molar-refractivity contribution in [2.24, 2.45) is 0 Å². The number of aromatic nitrogens is 1. The molecule has 0 bridgehead atoms. The quantitative estimate of drug-likeness (QED) is 0.557. The number of hydrogen-bond acceptors (Lipinski definition) is 5. The van der Waals surface area contributed by atoms with Crippen LogP contribution >= 0.6 is 11.3 Å². The van der Waals surface area contributed by atoms with Gasteiger partial charge in [0.05, 0.1) is 22.1 Å². The first-order valence-corrected chi connectivity index (χ1v) is 12.3. The van der Waals surface area contributed by atoms with E-state index in [0.29, 0.717) is 23.4 Å². The summed E-state index contributed by atoms with van der Waals surface area (Å²) in [6, 6.07) is 11.9. The molecule has 0 saturated carbocycles. The molecule has 0 saturated heterocycles. The number of anilines is 1. The van der Waals surface area contributed by atoms with Crippen molar-refractivity contribution in [2.75, 3.05) is 4.72 Å². The fourth-order valence-electron chi connectivity index (χ4n) is 3.05. The zero-order valence-electron chi connectivity index (χ0n) is 18.3. The van der Waals surface area contributed by atoms with Gasteiger partial charge < -0.3 is 5.32 Å². The van der Waals surface area contributed by atoms with Crippen molar-refractivity contribution < 1.29 is 13.2 Å². The highest BCUT2D eigenvalue weighted by Crippen LogP contribution is 2.28. The first-order chi connectivity index (χ1) is 14.5. The lowest BCUT2D eigenvalue weighted by molar-refractivity contribution is 0.0950. The highest BCUT2D eigenvalue weighted by molar-refractivity contribution is 7.92. The van der Waals surface area contributed by atoms with Gasteiger partial charge in [-0.2, -0.15) is 0 Å². The second-order valence-corrected chi connectivity index (χ2v) is 11.2. The summed E-state index contributed by atoms with van der Waals surface area (Å²) in [5.74, 6) is -0.294. The van der Waals surface area contributed by atoms with Gasteiger partial charge in [0.25, 0.3) is 15.9 Å². The van der Waals surface area contributed by atoms with Gasteiger partial charge in [0.2, 0.25) is 0 Å². The SMILES string of the molecule is Cc1nc(CNC(=O)c2cccc(NS(=O)(=O)c3cc(C(C)(C)C)ccc3C)c2)cs1. The molecule has 31 heavy (non-hydrogen) atoms. The number of nitrogens with one attached hydrogen (secondary N) is 2. The second-order valence-electron chi connectivity index (χ2n) is 8.46. The minimum Gasteiger partial charge on any atom is -0.346 e. The zero-order chi connectivity index (χ0) is 22.8. The van der Waals surface area contributed by atoms with Crippen molar-refractivity contribution >= 4 is 33.0 Å². The molecule has 0 aliphatic carbocycles. The average Bonchev–Trinajstić information content (AvgIpc) is 3.10. The largest absolute Gasteiger partial charge is 0.346 e. The Morgan fingerprint density at radius 2 is 1.84 bits per heavy atom. The Morgan fingerprint density at radius 3 is 2.48 bits per heavy atom. The van der Waals surface area contributed by atoms with Crippen LogP contribution in [0.2, 0.25) is 0 Å². The molecule has 1 heterocycles. The van der Waals surface area contributed by atoms with Gasteiger partial charge in [0, 0.05) is 16.6 Å². The molecule has 2 N–H and O–H groups in total. The minimum atomic E-state index is -3.81. The molecule has 8 heteroatoms. The molecule has 1 amide bonds. The lowest BCUT2D eigenvalue weighted by Crippen LogP contribution is -2.23. The Hall–Kier alpha value is -2.71. The van der Waals surface area contributed by atoms with Gasteiger partial charge in [-0.05, 0) is 54.7 Å². The van der Waals surface area contributed by atoms with E-state index in [2.05, 4.69) is 15.0 Å². The smallest absolute Gasteiger partial charge is 0.262 e. The summed E-state index contributed by atoms with van der Waals surface area (Å²) in [5, 5.41) is 5.65. The predicted molar refractivity (Wildman–Crippen MR) is 125 cm³/mol. The Bertz CT molecular complexity index is 1210. The van der Waals surface area contributed by atoms with Gasteiger partial charge >= 0.3 is 0 Å². The van der Waals surface area contributed by atoms with Crippen LogP contribution in [-0.4, -0.2) is 19.3 Å². The van der Waals surface area contributed by atoms with Crippen LogP contribution in [0.15, 0.2) is 52.7 Å². The third kappa shape index (κ3) is 5.71. The van der Waals surface area contributed by atoms with Crippen molar-refractivity contribution in [2.45, 2.75) is 51.5 Å². The number of aryl methyl sites for hydroxylation is 2. The highest BCUT2D eigenvalue weighted by Gasteiger charge is 2.22. The summed E-state index contributed by atoms with van der Waals surface area (Å²) < 4.78 is 28.8. The van der Waals surface area contributed by atoms with Crippen molar-refractivity contribution in [3.8, 4) is 0 Å². The number of sulfonamides is 1. The first kappa shape index (κ1) is 23.0. The van der Waals surface area contributed by atoms with E-state index >= 15 is 0 Å². The van der Waals surface area contributed by atoms with E-state index in [1.165, 1.54) is 17.4 Å². The number of rotatable bonds is 6. The van der Waals surface area contributed by atoms with E-state index in [-0.39, 0.29) is 16.2 Å². The van der Waals surface area contributed by atoms with E-state index in [1.807, 2.05) is 45.2 Å². The van der Waals surface area contributed by atoms with E-state index < -0.39 is 10.0 Å². The van der Waals surface area contributed by atoms with Crippen LogP contribution in [-0.2, 0) is 22.0 Å². The predicted octanol–water partition coefficient (Wildman–Crippen LogP) is 4.79. The summed E-state index contributed by atoms with van der Waals surface area (Å²) in [6.07, 6.45) is 0. The summed E-state index contributed by atoms with van der Waals surface area (Å²) >= 11 is 1.52. The standard InChI is InChI=1S/C23H27N3O3S2/c1-15-9-10-18(23(3,4)5)12-21(15)31(28,29)26-19-8-6-7-17(11-19)22(27)24-13-20-14-30-16(2)25-20/h6-12,14,26H,13H2,1-5H3,(H,24,27). The average molecular weight is 458 g/mol. The number of amides is 1. The van der Waals surface area contributed by atoms with Crippen LogP contribution < -0.4 is 10.0 Å². The first-order valence-electron chi connectivity index (χ1n) is 9.89. The van der Waals surface area contributed by atoms with Crippen LogP contribution in [0.25, 0.3) is 0 Å². The normalized spacial score (nSPS) is 11.9. The van der Waals surface area contributed by atoms with Crippen molar-refractivity contribution in [1.82, 2.24) is 10.3 Å². The van der Waals surface area contributed by atoms with Crippen LogP contribution in [0.5, 0.6) is 0 Å². The van der Waals surface area contributed by atoms with E-state index in [0.717, 1.165) is 16.3 Å². The minimum absolute atomic E-state index is 0.175.